The first-order valence-corrected chi connectivity index (χ1v) is 12.6. The zero-order chi connectivity index (χ0) is 27.2. The van der Waals surface area contributed by atoms with E-state index < -0.39 is 22.5 Å². The zero-order valence-corrected chi connectivity index (χ0v) is 22.3. The van der Waals surface area contributed by atoms with Gasteiger partial charge in [0, 0.05) is 16.2 Å². The van der Waals surface area contributed by atoms with Crippen molar-refractivity contribution in [3.05, 3.63) is 98.6 Å². The normalized spacial score (nSPS) is 11.7. The minimum absolute atomic E-state index is 0.0700. The molecule has 0 bridgehead atoms. The molecule has 0 amide bonds. The van der Waals surface area contributed by atoms with Crippen LogP contribution in [0.25, 0.3) is 5.69 Å². The Bertz CT molecular complexity index is 1430. The van der Waals surface area contributed by atoms with Crippen molar-refractivity contribution in [2.45, 2.75) is 23.9 Å². The van der Waals surface area contributed by atoms with Crippen LogP contribution in [-0.4, -0.2) is 40.5 Å². The van der Waals surface area contributed by atoms with Crippen molar-refractivity contribution in [1.82, 2.24) is 14.8 Å². The first-order chi connectivity index (χ1) is 18.3. The van der Waals surface area contributed by atoms with E-state index >= 15 is 0 Å². The van der Waals surface area contributed by atoms with Crippen LogP contribution < -0.4 is 14.2 Å². The van der Waals surface area contributed by atoms with Gasteiger partial charge in [0.05, 0.1) is 19.2 Å². The predicted molar refractivity (Wildman–Crippen MR) is 142 cm³/mol. The highest BCUT2D eigenvalue weighted by atomic mass is 35.5. The lowest BCUT2D eigenvalue weighted by Gasteiger charge is -2.18. The van der Waals surface area contributed by atoms with E-state index in [2.05, 4.69) is 10.2 Å². The van der Waals surface area contributed by atoms with Gasteiger partial charge in [-0.15, -0.1) is 10.2 Å². The van der Waals surface area contributed by atoms with E-state index in [0.29, 0.717) is 27.9 Å². The molecular weight excluding hydrogens is 535 g/mol. The van der Waals surface area contributed by atoms with E-state index in [1.165, 1.54) is 24.9 Å². The van der Waals surface area contributed by atoms with Gasteiger partial charge in [-0.2, -0.15) is 0 Å². The largest absolute Gasteiger partial charge is 0.497 e. The van der Waals surface area contributed by atoms with Gasteiger partial charge in [-0.1, -0.05) is 41.6 Å². The number of thioether (sulfide) groups is 1. The summed E-state index contributed by atoms with van der Waals surface area (Å²) in [4.78, 5) is 11.2. The maximum Gasteiger partial charge on any atom is 0.220 e. The molecule has 9 nitrogen and oxygen atoms in total. The van der Waals surface area contributed by atoms with Gasteiger partial charge >= 0.3 is 0 Å². The molecule has 198 valence electrons. The van der Waals surface area contributed by atoms with E-state index in [4.69, 9.17) is 25.8 Å². The summed E-state index contributed by atoms with van der Waals surface area (Å²) in [5.41, 5.74) is 1.67. The molecule has 3 aromatic carbocycles. The quantitative estimate of drug-likeness (QED) is 0.124. The van der Waals surface area contributed by atoms with Crippen LogP contribution in [0, 0.1) is 22.9 Å². The molecule has 0 spiro atoms. The summed E-state index contributed by atoms with van der Waals surface area (Å²) in [5.74, 6) is 1.38. The Hall–Kier alpha value is -3.83. The Morgan fingerprint density at radius 2 is 1.84 bits per heavy atom. The molecule has 0 aliphatic heterocycles. The third-order valence-electron chi connectivity index (χ3n) is 5.64. The number of aryl methyl sites for hydroxylation is 1. The van der Waals surface area contributed by atoms with Crippen molar-refractivity contribution in [3.63, 3.8) is 0 Å². The minimum Gasteiger partial charge on any atom is -0.497 e. The summed E-state index contributed by atoms with van der Waals surface area (Å²) in [5, 5.41) is 20.0. The molecule has 0 unspecified atom stereocenters. The highest BCUT2D eigenvalue weighted by Gasteiger charge is 2.26. The van der Waals surface area contributed by atoms with Gasteiger partial charge in [0.25, 0.3) is 0 Å². The van der Waals surface area contributed by atoms with Gasteiger partial charge in [0.1, 0.15) is 29.2 Å². The fourth-order valence-corrected chi connectivity index (χ4v) is 5.18. The number of nitro groups is 1. The van der Waals surface area contributed by atoms with Crippen LogP contribution in [0.15, 0.2) is 65.8 Å². The first kappa shape index (κ1) is 27.2. The number of hydrogen-bond donors (Lipinski definition) is 0. The summed E-state index contributed by atoms with van der Waals surface area (Å²) in [6.07, 6.45) is 0. The van der Waals surface area contributed by atoms with Crippen molar-refractivity contribution in [1.29, 1.82) is 0 Å². The van der Waals surface area contributed by atoms with E-state index in [1.54, 1.807) is 44.4 Å². The summed E-state index contributed by atoms with van der Waals surface area (Å²) < 4.78 is 32.3. The Labute approximate surface area is 227 Å². The zero-order valence-electron chi connectivity index (χ0n) is 20.8. The van der Waals surface area contributed by atoms with E-state index in [1.807, 2.05) is 28.8 Å². The van der Waals surface area contributed by atoms with Crippen molar-refractivity contribution in [2.24, 2.45) is 0 Å². The molecule has 4 rings (SSSR count). The fourth-order valence-electron chi connectivity index (χ4n) is 3.75. The number of ether oxygens (including phenoxy) is 3. The lowest BCUT2D eigenvalue weighted by atomic mass is 10.1. The lowest BCUT2D eigenvalue weighted by Crippen LogP contribution is -2.12. The molecule has 0 aliphatic carbocycles. The number of halogens is 2. The molecule has 0 radical (unpaired) electrons. The molecule has 0 saturated heterocycles. The molecular formula is C26H24ClFN4O5S. The molecule has 1 atom stereocenters. The first-order valence-electron chi connectivity index (χ1n) is 11.4. The molecule has 0 N–H and O–H groups in total. The summed E-state index contributed by atoms with van der Waals surface area (Å²) in [6, 6.07) is 16.8. The van der Waals surface area contributed by atoms with Crippen molar-refractivity contribution in [2.75, 3.05) is 20.8 Å². The highest BCUT2D eigenvalue weighted by Crippen LogP contribution is 2.43. The minimum atomic E-state index is -0.683. The van der Waals surface area contributed by atoms with E-state index in [-0.39, 0.29) is 23.1 Å². The number of nitrogens with zero attached hydrogens (tertiary/aromatic N) is 4. The van der Waals surface area contributed by atoms with Gasteiger partial charge in [0.2, 0.25) is 6.54 Å². The van der Waals surface area contributed by atoms with E-state index in [9.17, 15) is 14.5 Å². The van der Waals surface area contributed by atoms with Gasteiger partial charge in [-0.05, 0) is 55.0 Å². The fraction of sp³-hybridized carbons (Fsp3) is 0.231. The monoisotopic (exact) mass is 558 g/mol. The van der Waals surface area contributed by atoms with Crippen LogP contribution in [0.3, 0.4) is 0 Å². The third kappa shape index (κ3) is 6.17. The second-order valence-electron chi connectivity index (χ2n) is 8.10. The molecule has 12 heteroatoms. The highest BCUT2D eigenvalue weighted by molar-refractivity contribution is 7.99. The third-order valence-corrected chi connectivity index (χ3v) is 7.10. The maximum absolute atomic E-state index is 14.0. The Morgan fingerprint density at radius 1 is 1.11 bits per heavy atom. The van der Waals surface area contributed by atoms with Crippen molar-refractivity contribution in [3.8, 4) is 22.9 Å². The summed E-state index contributed by atoms with van der Waals surface area (Å²) in [7, 11) is 3.02. The number of methoxy groups -OCH3 is 2. The van der Waals surface area contributed by atoms with Crippen LogP contribution >= 0.6 is 23.4 Å². The summed E-state index contributed by atoms with van der Waals surface area (Å²) in [6.45, 7) is 1.32. The van der Waals surface area contributed by atoms with Crippen molar-refractivity contribution < 1.29 is 23.5 Å². The lowest BCUT2D eigenvalue weighted by molar-refractivity contribution is -0.479. The standard InChI is InChI=1S/C26H24ClFN4O5S/c1-16-29-30-26(32(16)19-8-10-20(35-2)11-9-19)38-24(14-31(33)34)18-12-21(27)25(23(13-18)36-3)37-15-17-6-4-5-7-22(17)28/h4-13,24H,14-15H2,1-3H3/t24-/m1/s1. The van der Waals surface area contributed by atoms with Gasteiger partial charge in [0.15, 0.2) is 16.7 Å². The number of benzene rings is 3. The topological polar surface area (TPSA) is 102 Å². The van der Waals surface area contributed by atoms with Crippen LogP contribution in [0.1, 0.15) is 22.2 Å². The van der Waals surface area contributed by atoms with E-state index in [0.717, 1.165) is 5.69 Å². The maximum atomic E-state index is 14.0. The number of rotatable bonds is 11. The molecule has 0 fully saturated rings. The van der Waals surface area contributed by atoms with Crippen LogP contribution in [-0.2, 0) is 6.61 Å². The second kappa shape index (κ2) is 12.1. The average Bonchev–Trinajstić information content (AvgIpc) is 3.27. The average molecular weight is 559 g/mol. The molecule has 0 aliphatic rings. The predicted octanol–water partition coefficient (Wildman–Crippen LogP) is 6.07. The second-order valence-corrected chi connectivity index (χ2v) is 9.68. The van der Waals surface area contributed by atoms with Crippen LogP contribution in [0.5, 0.6) is 17.2 Å². The Kier molecular flexibility index (Phi) is 8.70. The molecule has 38 heavy (non-hydrogen) atoms. The number of hydrogen-bond acceptors (Lipinski definition) is 8. The smallest absolute Gasteiger partial charge is 0.220 e. The Morgan fingerprint density at radius 3 is 2.50 bits per heavy atom. The van der Waals surface area contributed by atoms with Gasteiger partial charge in [-0.3, -0.25) is 14.7 Å². The van der Waals surface area contributed by atoms with Gasteiger partial charge < -0.3 is 14.2 Å². The molecule has 4 aromatic rings. The Balaban J connectivity index is 1.65. The SMILES string of the molecule is COc1ccc(-n2c(C)nnc2S[C@H](C[N+](=O)[O-])c2cc(Cl)c(OCc3ccccc3F)c(OC)c2)cc1. The molecule has 0 saturated carbocycles. The molecule has 1 aromatic heterocycles. The molecule has 1 heterocycles. The summed E-state index contributed by atoms with van der Waals surface area (Å²) >= 11 is 7.72. The van der Waals surface area contributed by atoms with Crippen LogP contribution in [0.2, 0.25) is 5.02 Å². The van der Waals surface area contributed by atoms with Crippen molar-refractivity contribution >= 4 is 23.4 Å². The van der Waals surface area contributed by atoms with Crippen LogP contribution in [0.4, 0.5) is 4.39 Å². The van der Waals surface area contributed by atoms with Gasteiger partial charge in [-0.25, -0.2) is 4.39 Å². The number of aromatic nitrogens is 3.